The second-order valence-electron chi connectivity index (χ2n) is 9.85. The lowest BCUT2D eigenvalue weighted by Gasteiger charge is -2.46. The molecule has 0 bridgehead atoms. The summed E-state index contributed by atoms with van der Waals surface area (Å²) < 4.78 is 6.03. The number of nitrogens with zero attached hydrogens (tertiary/aromatic N) is 3. The van der Waals surface area contributed by atoms with Gasteiger partial charge in [0.2, 0.25) is 0 Å². The highest BCUT2D eigenvalue weighted by Crippen LogP contribution is 2.42. The number of carboxylic acid groups (broad SMARTS) is 1. The summed E-state index contributed by atoms with van der Waals surface area (Å²) in [4.78, 5) is 28.1. The number of ether oxygens (including phenoxy) is 1. The molecule has 2 aliphatic heterocycles. The van der Waals surface area contributed by atoms with E-state index in [-0.39, 0.29) is 17.3 Å². The summed E-state index contributed by atoms with van der Waals surface area (Å²) in [6.45, 7) is 9.44. The van der Waals surface area contributed by atoms with Crippen LogP contribution < -0.4 is 4.74 Å². The maximum Gasteiger partial charge on any atom is 0.353 e. The number of rotatable bonds is 7. The Morgan fingerprint density at radius 1 is 1.12 bits per heavy atom. The van der Waals surface area contributed by atoms with Crippen molar-refractivity contribution < 1.29 is 19.4 Å². The van der Waals surface area contributed by atoms with Gasteiger partial charge in [0.15, 0.2) is 5.69 Å². The van der Waals surface area contributed by atoms with Crippen LogP contribution in [0.4, 0.5) is 0 Å². The van der Waals surface area contributed by atoms with E-state index >= 15 is 0 Å². The summed E-state index contributed by atoms with van der Waals surface area (Å²) in [6, 6.07) is 9.65. The van der Waals surface area contributed by atoms with Crippen LogP contribution in [0.3, 0.4) is 0 Å². The van der Waals surface area contributed by atoms with Gasteiger partial charge in [-0.3, -0.25) is 14.8 Å². The molecule has 0 aliphatic carbocycles. The number of para-hydroxylation sites is 1. The third-order valence-electron chi connectivity index (χ3n) is 6.99. The van der Waals surface area contributed by atoms with Crippen molar-refractivity contribution in [3.63, 3.8) is 0 Å². The Morgan fingerprint density at radius 3 is 2.42 bits per heavy atom. The van der Waals surface area contributed by atoms with Crippen molar-refractivity contribution in [3.8, 4) is 5.75 Å². The zero-order chi connectivity index (χ0) is 23.4. The number of likely N-dealkylation sites (tertiary alicyclic amines) is 2. The highest BCUT2D eigenvalue weighted by molar-refractivity contribution is 5.95. The average Bonchev–Trinajstić information content (AvgIpc) is 3.31. The minimum atomic E-state index is -1.11. The van der Waals surface area contributed by atoms with Gasteiger partial charge in [0, 0.05) is 31.3 Å². The van der Waals surface area contributed by atoms with Crippen LogP contribution in [0.5, 0.6) is 5.75 Å². The van der Waals surface area contributed by atoms with Crippen molar-refractivity contribution in [2.24, 2.45) is 11.3 Å². The zero-order valence-corrected chi connectivity index (χ0v) is 19.5. The molecule has 8 nitrogen and oxygen atoms in total. The van der Waals surface area contributed by atoms with E-state index in [2.05, 4.69) is 47.1 Å². The molecule has 8 heteroatoms. The lowest BCUT2D eigenvalue weighted by molar-refractivity contribution is 0.0280. The highest BCUT2D eigenvalue weighted by atomic mass is 16.5. The first-order valence-corrected chi connectivity index (χ1v) is 11.9. The van der Waals surface area contributed by atoms with E-state index in [9.17, 15) is 9.59 Å². The van der Waals surface area contributed by atoms with E-state index < -0.39 is 5.97 Å². The number of carboxylic acids is 1. The second kappa shape index (κ2) is 9.95. The number of amides is 1. The number of benzene rings is 1. The molecule has 0 unspecified atom stereocenters. The molecule has 2 saturated heterocycles. The monoisotopic (exact) mass is 454 g/mol. The SMILES string of the molecule is CC(C)COc1ccccc1CN1CCC2(CC1)CCN(C(=O)c1cc(C(=O)O)[nH]n1)CC2. The van der Waals surface area contributed by atoms with E-state index in [4.69, 9.17) is 9.84 Å². The molecule has 0 atom stereocenters. The van der Waals surface area contributed by atoms with Gasteiger partial charge in [0.05, 0.1) is 6.61 Å². The molecule has 0 radical (unpaired) electrons. The third-order valence-corrected chi connectivity index (χ3v) is 6.99. The Balaban J connectivity index is 1.28. The van der Waals surface area contributed by atoms with Crippen LogP contribution >= 0.6 is 0 Å². The van der Waals surface area contributed by atoms with Gasteiger partial charge in [0.1, 0.15) is 11.4 Å². The van der Waals surface area contributed by atoms with E-state index in [1.165, 1.54) is 11.6 Å². The molecular weight excluding hydrogens is 420 g/mol. The zero-order valence-electron chi connectivity index (χ0n) is 19.5. The Morgan fingerprint density at radius 2 is 1.79 bits per heavy atom. The minimum absolute atomic E-state index is 0.0598. The molecule has 1 aromatic carbocycles. The molecule has 33 heavy (non-hydrogen) atoms. The van der Waals surface area contributed by atoms with Gasteiger partial charge in [-0.15, -0.1) is 0 Å². The van der Waals surface area contributed by atoms with Crippen molar-refractivity contribution in [3.05, 3.63) is 47.3 Å². The summed E-state index contributed by atoms with van der Waals surface area (Å²) >= 11 is 0. The largest absolute Gasteiger partial charge is 0.493 e. The summed E-state index contributed by atoms with van der Waals surface area (Å²) in [7, 11) is 0. The van der Waals surface area contributed by atoms with Crippen molar-refractivity contribution in [2.45, 2.75) is 46.1 Å². The van der Waals surface area contributed by atoms with Gasteiger partial charge in [-0.2, -0.15) is 5.10 Å². The molecule has 0 saturated carbocycles. The summed E-state index contributed by atoms with van der Waals surface area (Å²) in [5, 5.41) is 15.3. The Hall–Kier alpha value is -2.87. The van der Waals surface area contributed by atoms with Crippen LogP contribution in [0.15, 0.2) is 30.3 Å². The number of nitrogens with one attached hydrogen (secondary N) is 1. The highest BCUT2D eigenvalue weighted by Gasteiger charge is 2.39. The van der Waals surface area contributed by atoms with Gasteiger partial charge in [-0.05, 0) is 56.2 Å². The van der Waals surface area contributed by atoms with Crippen LogP contribution in [0.2, 0.25) is 0 Å². The molecule has 2 N–H and O–H groups in total. The number of H-pyrrole nitrogens is 1. The van der Waals surface area contributed by atoms with Gasteiger partial charge in [-0.25, -0.2) is 4.79 Å². The van der Waals surface area contributed by atoms with Crippen LogP contribution in [-0.4, -0.2) is 69.8 Å². The fourth-order valence-electron chi connectivity index (χ4n) is 4.85. The van der Waals surface area contributed by atoms with Crippen molar-refractivity contribution in [2.75, 3.05) is 32.8 Å². The molecule has 178 valence electrons. The van der Waals surface area contributed by atoms with Gasteiger partial charge in [0.25, 0.3) is 5.91 Å². The standard InChI is InChI=1S/C25H34N4O4/c1-18(2)17-33-22-6-4-3-5-19(22)16-28-11-7-25(8-12-28)9-13-29(14-10-25)23(30)20-15-21(24(31)32)27-26-20/h3-6,15,18H,7-14,16-17H2,1-2H3,(H,26,27)(H,31,32). The topological polar surface area (TPSA) is 98.8 Å². The molecule has 1 spiro atoms. The quantitative estimate of drug-likeness (QED) is 0.663. The average molecular weight is 455 g/mol. The number of aromatic nitrogens is 2. The van der Waals surface area contributed by atoms with E-state index in [1.807, 2.05) is 11.0 Å². The smallest absolute Gasteiger partial charge is 0.353 e. The van der Waals surface area contributed by atoms with Crippen LogP contribution in [-0.2, 0) is 6.54 Å². The Labute approximate surface area is 194 Å². The molecule has 4 rings (SSSR count). The number of piperidine rings is 2. The first kappa shape index (κ1) is 23.3. The first-order chi connectivity index (χ1) is 15.8. The van der Waals surface area contributed by atoms with Gasteiger partial charge in [-0.1, -0.05) is 32.0 Å². The number of carbonyl (C=O) groups excluding carboxylic acids is 1. The maximum absolute atomic E-state index is 12.7. The Kier molecular flexibility index (Phi) is 7.02. The number of aromatic amines is 1. The lowest BCUT2D eigenvalue weighted by atomic mass is 9.71. The minimum Gasteiger partial charge on any atom is -0.493 e. The second-order valence-corrected chi connectivity index (χ2v) is 9.85. The van der Waals surface area contributed by atoms with Crippen LogP contribution in [0, 0.1) is 11.3 Å². The summed E-state index contributed by atoms with van der Waals surface area (Å²) in [5.41, 5.74) is 1.65. The van der Waals surface area contributed by atoms with Crippen molar-refractivity contribution in [1.29, 1.82) is 0 Å². The first-order valence-electron chi connectivity index (χ1n) is 11.9. The number of hydrogen-bond donors (Lipinski definition) is 2. The molecule has 2 aromatic rings. The fraction of sp³-hybridized carbons (Fsp3) is 0.560. The van der Waals surface area contributed by atoms with Crippen LogP contribution in [0.25, 0.3) is 0 Å². The molecular formula is C25H34N4O4. The summed E-state index contributed by atoms with van der Waals surface area (Å²) in [6.07, 6.45) is 4.24. The normalized spacial score (nSPS) is 18.6. The molecule has 3 heterocycles. The van der Waals surface area contributed by atoms with Crippen molar-refractivity contribution in [1.82, 2.24) is 20.0 Å². The Bertz CT molecular complexity index is 968. The van der Waals surface area contributed by atoms with E-state index in [1.54, 1.807) is 0 Å². The predicted octanol–water partition coefficient (Wildman–Crippen LogP) is 3.66. The lowest BCUT2D eigenvalue weighted by Crippen LogP contribution is -2.48. The molecule has 1 aromatic heterocycles. The number of aromatic carboxylic acids is 1. The van der Waals surface area contributed by atoms with E-state index in [0.29, 0.717) is 24.4 Å². The molecule has 2 fully saturated rings. The predicted molar refractivity (Wildman–Crippen MR) is 124 cm³/mol. The van der Waals surface area contributed by atoms with Gasteiger partial charge < -0.3 is 14.7 Å². The number of carbonyl (C=O) groups is 2. The molecule has 1 amide bonds. The maximum atomic E-state index is 12.7. The van der Waals surface area contributed by atoms with Crippen molar-refractivity contribution >= 4 is 11.9 Å². The van der Waals surface area contributed by atoms with Gasteiger partial charge >= 0.3 is 5.97 Å². The fourth-order valence-corrected chi connectivity index (χ4v) is 4.85. The summed E-state index contributed by atoms with van der Waals surface area (Å²) in [5.74, 6) is 0.185. The number of hydrogen-bond acceptors (Lipinski definition) is 5. The van der Waals surface area contributed by atoms with Crippen LogP contribution in [0.1, 0.15) is 66.1 Å². The van der Waals surface area contributed by atoms with E-state index in [0.717, 1.165) is 57.7 Å². The third kappa shape index (κ3) is 5.55. The molecule has 2 aliphatic rings.